The normalized spacial score (nSPS) is 14.7. The van der Waals surface area contributed by atoms with E-state index in [0.717, 1.165) is 29.8 Å². The zero-order valence-electron chi connectivity index (χ0n) is 12.5. The number of benzene rings is 1. The number of anilines is 1. The topological polar surface area (TPSA) is 72.1 Å². The molecule has 114 valence electrons. The SMILES string of the molecule is NC(=O)c1cc(N2CC(c3ccncc3)C2)nc2ccccc12. The fourth-order valence-electron chi connectivity index (χ4n) is 3.04. The van der Waals surface area contributed by atoms with Gasteiger partial charge in [-0.3, -0.25) is 9.78 Å². The minimum Gasteiger partial charge on any atom is -0.366 e. The second-order valence-electron chi connectivity index (χ2n) is 5.79. The zero-order chi connectivity index (χ0) is 15.8. The number of pyridine rings is 2. The van der Waals surface area contributed by atoms with Gasteiger partial charge in [0.25, 0.3) is 0 Å². The number of fused-ring (bicyclic) bond motifs is 1. The molecule has 3 aromatic rings. The van der Waals surface area contributed by atoms with Crippen molar-refractivity contribution in [2.24, 2.45) is 5.73 Å². The molecule has 1 aliphatic rings. The highest BCUT2D eigenvalue weighted by Crippen LogP contribution is 2.32. The molecule has 1 amide bonds. The monoisotopic (exact) mass is 304 g/mol. The molecule has 0 atom stereocenters. The largest absolute Gasteiger partial charge is 0.366 e. The lowest BCUT2D eigenvalue weighted by Gasteiger charge is -2.40. The number of nitrogens with two attached hydrogens (primary N) is 1. The Morgan fingerprint density at radius 2 is 1.87 bits per heavy atom. The third kappa shape index (κ3) is 2.40. The van der Waals surface area contributed by atoms with E-state index in [2.05, 4.69) is 14.9 Å². The smallest absolute Gasteiger partial charge is 0.249 e. The van der Waals surface area contributed by atoms with Crippen LogP contribution in [-0.2, 0) is 0 Å². The summed E-state index contributed by atoms with van der Waals surface area (Å²) < 4.78 is 0. The average molecular weight is 304 g/mol. The number of hydrogen-bond acceptors (Lipinski definition) is 4. The molecule has 23 heavy (non-hydrogen) atoms. The minimum absolute atomic E-state index is 0.420. The van der Waals surface area contributed by atoms with Crippen LogP contribution in [0.15, 0.2) is 54.9 Å². The van der Waals surface area contributed by atoms with E-state index in [4.69, 9.17) is 5.73 Å². The van der Waals surface area contributed by atoms with Gasteiger partial charge >= 0.3 is 0 Å². The van der Waals surface area contributed by atoms with Crippen LogP contribution in [0.3, 0.4) is 0 Å². The molecule has 0 unspecified atom stereocenters. The summed E-state index contributed by atoms with van der Waals surface area (Å²) in [6, 6.07) is 13.5. The van der Waals surface area contributed by atoms with Crippen molar-refractivity contribution in [3.63, 3.8) is 0 Å². The molecule has 5 nitrogen and oxygen atoms in total. The van der Waals surface area contributed by atoms with Gasteiger partial charge in [0, 0.05) is 36.8 Å². The Balaban J connectivity index is 1.65. The van der Waals surface area contributed by atoms with Gasteiger partial charge < -0.3 is 10.6 Å². The quantitative estimate of drug-likeness (QED) is 0.806. The number of para-hydroxylation sites is 1. The first kappa shape index (κ1) is 13.7. The summed E-state index contributed by atoms with van der Waals surface area (Å²) in [5.74, 6) is 0.863. The van der Waals surface area contributed by atoms with E-state index in [0.29, 0.717) is 11.5 Å². The zero-order valence-corrected chi connectivity index (χ0v) is 12.5. The molecule has 2 aromatic heterocycles. The first-order valence-corrected chi connectivity index (χ1v) is 7.57. The Kier molecular flexibility index (Phi) is 3.19. The average Bonchev–Trinajstić information content (AvgIpc) is 2.53. The first-order chi connectivity index (χ1) is 11.2. The molecule has 5 heteroatoms. The maximum absolute atomic E-state index is 11.8. The van der Waals surface area contributed by atoms with E-state index in [1.165, 1.54) is 5.56 Å². The molecule has 0 spiro atoms. The van der Waals surface area contributed by atoms with Gasteiger partial charge in [-0.15, -0.1) is 0 Å². The van der Waals surface area contributed by atoms with Gasteiger partial charge in [0.1, 0.15) is 5.82 Å². The van der Waals surface area contributed by atoms with E-state index < -0.39 is 5.91 Å². The van der Waals surface area contributed by atoms with Gasteiger partial charge in [-0.05, 0) is 29.8 Å². The summed E-state index contributed by atoms with van der Waals surface area (Å²) in [5.41, 5.74) is 8.14. The van der Waals surface area contributed by atoms with Crippen LogP contribution in [0, 0.1) is 0 Å². The number of aromatic nitrogens is 2. The minimum atomic E-state index is -0.420. The standard InChI is InChI=1S/C18H16N4O/c19-18(23)15-9-17(21-16-4-2-1-3-14(15)16)22-10-13(11-22)12-5-7-20-8-6-12/h1-9,13H,10-11H2,(H2,19,23). The number of amides is 1. The summed E-state index contributed by atoms with van der Waals surface area (Å²) in [7, 11) is 0. The van der Waals surface area contributed by atoms with Crippen molar-refractivity contribution in [2.45, 2.75) is 5.92 Å². The second-order valence-corrected chi connectivity index (χ2v) is 5.79. The van der Waals surface area contributed by atoms with Crippen LogP contribution in [0.1, 0.15) is 21.8 Å². The Labute approximate surface area is 133 Å². The van der Waals surface area contributed by atoms with Crippen molar-refractivity contribution in [3.8, 4) is 0 Å². The van der Waals surface area contributed by atoms with Crippen molar-refractivity contribution in [2.75, 3.05) is 18.0 Å². The summed E-state index contributed by atoms with van der Waals surface area (Å²) >= 11 is 0. The van der Waals surface area contributed by atoms with Gasteiger partial charge in [0.15, 0.2) is 0 Å². The molecule has 4 rings (SSSR count). The molecule has 0 bridgehead atoms. The number of primary amides is 1. The van der Waals surface area contributed by atoms with Gasteiger partial charge in [-0.2, -0.15) is 0 Å². The van der Waals surface area contributed by atoms with Gasteiger partial charge in [-0.1, -0.05) is 18.2 Å². The number of carbonyl (C=O) groups excluding carboxylic acids is 1. The molecule has 1 saturated heterocycles. The van der Waals surface area contributed by atoms with E-state index in [1.54, 1.807) is 6.07 Å². The summed E-state index contributed by atoms with van der Waals surface area (Å²) in [6.45, 7) is 1.76. The molecule has 0 saturated carbocycles. The highest BCUT2D eigenvalue weighted by atomic mass is 16.1. The highest BCUT2D eigenvalue weighted by Gasteiger charge is 2.29. The molecule has 0 aliphatic carbocycles. The van der Waals surface area contributed by atoms with E-state index in [-0.39, 0.29) is 0 Å². The van der Waals surface area contributed by atoms with Crippen LogP contribution in [0.4, 0.5) is 5.82 Å². The van der Waals surface area contributed by atoms with Crippen LogP contribution in [0.5, 0.6) is 0 Å². The number of carbonyl (C=O) groups is 1. The molecule has 3 heterocycles. The molecule has 2 N–H and O–H groups in total. The van der Waals surface area contributed by atoms with Gasteiger partial charge in [0.05, 0.1) is 11.1 Å². The molecule has 1 aromatic carbocycles. The Bertz CT molecular complexity index is 873. The third-order valence-corrected chi connectivity index (χ3v) is 4.35. The molecular formula is C18H16N4O. The van der Waals surface area contributed by atoms with Crippen LogP contribution >= 0.6 is 0 Å². The van der Waals surface area contributed by atoms with E-state index in [1.807, 2.05) is 48.8 Å². The lowest BCUT2D eigenvalue weighted by atomic mass is 9.92. The number of rotatable bonds is 3. The van der Waals surface area contributed by atoms with Crippen molar-refractivity contribution in [3.05, 3.63) is 66.0 Å². The highest BCUT2D eigenvalue weighted by molar-refractivity contribution is 6.06. The van der Waals surface area contributed by atoms with Crippen molar-refractivity contribution < 1.29 is 4.79 Å². The van der Waals surface area contributed by atoms with Crippen LogP contribution in [0.2, 0.25) is 0 Å². The third-order valence-electron chi connectivity index (χ3n) is 4.35. The molecule has 1 fully saturated rings. The van der Waals surface area contributed by atoms with E-state index >= 15 is 0 Å². The van der Waals surface area contributed by atoms with Crippen LogP contribution in [-0.4, -0.2) is 29.0 Å². The van der Waals surface area contributed by atoms with Crippen LogP contribution in [0.25, 0.3) is 10.9 Å². The Hall–Kier alpha value is -2.95. The lowest BCUT2D eigenvalue weighted by molar-refractivity contribution is 0.100. The fraction of sp³-hybridized carbons (Fsp3) is 0.167. The maximum Gasteiger partial charge on any atom is 0.249 e. The lowest BCUT2D eigenvalue weighted by Crippen LogP contribution is -2.45. The van der Waals surface area contributed by atoms with Gasteiger partial charge in [0.2, 0.25) is 5.91 Å². The predicted octanol–water partition coefficient (Wildman–Crippen LogP) is 2.33. The van der Waals surface area contributed by atoms with E-state index in [9.17, 15) is 4.79 Å². The maximum atomic E-state index is 11.8. The van der Waals surface area contributed by atoms with Crippen molar-refractivity contribution >= 4 is 22.6 Å². The van der Waals surface area contributed by atoms with Crippen molar-refractivity contribution in [1.29, 1.82) is 0 Å². The number of hydrogen-bond donors (Lipinski definition) is 1. The molecule has 0 radical (unpaired) electrons. The fourth-order valence-corrected chi connectivity index (χ4v) is 3.04. The summed E-state index contributed by atoms with van der Waals surface area (Å²) in [6.07, 6.45) is 3.63. The Morgan fingerprint density at radius 1 is 1.13 bits per heavy atom. The summed E-state index contributed by atoms with van der Waals surface area (Å²) in [5, 5.41) is 0.801. The number of nitrogens with zero attached hydrogens (tertiary/aromatic N) is 3. The first-order valence-electron chi connectivity index (χ1n) is 7.57. The van der Waals surface area contributed by atoms with Crippen LogP contribution < -0.4 is 10.6 Å². The predicted molar refractivity (Wildman–Crippen MR) is 89.5 cm³/mol. The molecular weight excluding hydrogens is 288 g/mol. The van der Waals surface area contributed by atoms with Gasteiger partial charge in [-0.25, -0.2) is 4.98 Å². The molecule has 1 aliphatic heterocycles. The summed E-state index contributed by atoms with van der Waals surface area (Å²) in [4.78, 5) is 22.6. The van der Waals surface area contributed by atoms with Crippen molar-refractivity contribution in [1.82, 2.24) is 9.97 Å². The Morgan fingerprint density at radius 3 is 2.61 bits per heavy atom. The second kappa shape index (κ2) is 5.35.